The molecule has 0 atom stereocenters. The lowest BCUT2D eigenvalue weighted by atomic mass is 10.1. The van der Waals surface area contributed by atoms with Crippen LogP contribution in [0.4, 0.5) is 5.69 Å². The normalized spacial score (nSPS) is 10.6. The van der Waals surface area contributed by atoms with E-state index >= 15 is 0 Å². The van der Waals surface area contributed by atoms with Gasteiger partial charge in [-0.2, -0.15) is 0 Å². The van der Waals surface area contributed by atoms with Gasteiger partial charge in [0.2, 0.25) is 0 Å². The maximum atomic E-state index is 12.6. The lowest BCUT2D eigenvalue weighted by Crippen LogP contribution is -2.16. The molecular formula is C19H23NO2. The summed E-state index contributed by atoms with van der Waals surface area (Å²) in [7, 11) is 0. The highest BCUT2D eigenvalue weighted by molar-refractivity contribution is 6.06. The Hall–Kier alpha value is -2.29. The molecule has 0 radical (unpaired) electrons. The van der Waals surface area contributed by atoms with Gasteiger partial charge >= 0.3 is 0 Å². The molecule has 22 heavy (non-hydrogen) atoms. The van der Waals surface area contributed by atoms with Crippen molar-refractivity contribution >= 4 is 11.6 Å². The number of amides is 1. The number of nitrogens with one attached hydrogen (secondary N) is 1. The first-order chi connectivity index (χ1) is 10.5. The molecule has 1 amide bonds. The second kappa shape index (κ2) is 7.12. The number of hydrogen-bond acceptors (Lipinski definition) is 2. The van der Waals surface area contributed by atoms with Gasteiger partial charge in [0, 0.05) is 5.69 Å². The van der Waals surface area contributed by atoms with Crippen molar-refractivity contribution in [3.05, 3.63) is 59.2 Å². The van der Waals surface area contributed by atoms with Crippen LogP contribution >= 0.6 is 0 Å². The van der Waals surface area contributed by atoms with Crippen molar-refractivity contribution in [2.24, 2.45) is 5.92 Å². The van der Waals surface area contributed by atoms with E-state index in [1.54, 1.807) is 6.07 Å². The maximum Gasteiger partial charge on any atom is 0.259 e. The molecule has 0 aromatic heterocycles. The summed E-state index contributed by atoms with van der Waals surface area (Å²) in [5.41, 5.74) is 3.53. The Morgan fingerprint density at radius 3 is 2.32 bits per heavy atom. The highest BCUT2D eigenvalue weighted by atomic mass is 16.5. The molecule has 0 aliphatic carbocycles. The number of hydrogen-bond donors (Lipinski definition) is 1. The molecule has 0 spiro atoms. The summed E-state index contributed by atoms with van der Waals surface area (Å²) in [4.78, 5) is 12.6. The molecule has 1 N–H and O–H groups in total. The Balaban J connectivity index is 2.23. The number of rotatable bonds is 5. The summed E-state index contributed by atoms with van der Waals surface area (Å²) in [5, 5.41) is 3.00. The lowest BCUT2D eigenvalue weighted by Gasteiger charge is -2.15. The predicted molar refractivity (Wildman–Crippen MR) is 90.6 cm³/mol. The molecule has 0 saturated carbocycles. The Labute approximate surface area is 132 Å². The SMILES string of the molecule is Cc1cccc(C)c1NC(=O)c1ccccc1OCC(C)C. The quantitative estimate of drug-likeness (QED) is 0.876. The van der Waals surface area contributed by atoms with Crippen LogP contribution in [0.5, 0.6) is 5.75 Å². The molecule has 3 heteroatoms. The van der Waals surface area contributed by atoms with Gasteiger partial charge in [0.05, 0.1) is 12.2 Å². The maximum absolute atomic E-state index is 12.6. The van der Waals surface area contributed by atoms with Crippen molar-refractivity contribution in [1.82, 2.24) is 0 Å². The predicted octanol–water partition coefficient (Wildman–Crippen LogP) is 4.59. The third-order valence-electron chi connectivity index (χ3n) is 3.42. The average Bonchev–Trinajstić information content (AvgIpc) is 2.49. The molecule has 0 heterocycles. The van der Waals surface area contributed by atoms with Crippen LogP contribution in [-0.4, -0.2) is 12.5 Å². The van der Waals surface area contributed by atoms with E-state index in [-0.39, 0.29) is 5.91 Å². The zero-order valence-electron chi connectivity index (χ0n) is 13.6. The zero-order valence-corrected chi connectivity index (χ0v) is 13.6. The van der Waals surface area contributed by atoms with Crippen molar-refractivity contribution in [1.29, 1.82) is 0 Å². The standard InChI is InChI=1S/C19H23NO2/c1-13(2)12-22-17-11-6-5-10-16(17)19(21)20-18-14(3)8-7-9-15(18)4/h5-11,13H,12H2,1-4H3,(H,20,21). The summed E-state index contributed by atoms with van der Waals surface area (Å²) < 4.78 is 5.76. The van der Waals surface area contributed by atoms with E-state index in [0.717, 1.165) is 16.8 Å². The fourth-order valence-corrected chi connectivity index (χ4v) is 2.23. The van der Waals surface area contributed by atoms with Crippen LogP contribution in [0, 0.1) is 19.8 Å². The minimum atomic E-state index is -0.142. The Kier molecular flexibility index (Phi) is 5.21. The first-order valence-electron chi connectivity index (χ1n) is 7.58. The zero-order chi connectivity index (χ0) is 16.1. The topological polar surface area (TPSA) is 38.3 Å². The number of carbonyl (C=O) groups is 1. The van der Waals surface area contributed by atoms with Crippen molar-refractivity contribution in [3.8, 4) is 5.75 Å². The molecule has 0 saturated heterocycles. The number of carbonyl (C=O) groups excluding carboxylic acids is 1. The van der Waals surface area contributed by atoms with E-state index in [2.05, 4.69) is 19.2 Å². The van der Waals surface area contributed by atoms with Gasteiger partial charge in [-0.1, -0.05) is 44.2 Å². The minimum Gasteiger partial charge on any atom is -0.492 e. The summed E-state index contributed by atoms with van der Waals surface area (Å²) >= 11 is 0. The highest BCUT2D eigenvalue weighted by Gasteiger charge is 2.14. The van der Waals surface area contributed by atoms with Crippen LogP contribution in [0.25, 0.3) is 0 Å². The van der Waals surface area contributed by atoms with Gasteiger partial charge in [0.15, 0.2) is 0 Å². The number of para-hydroxylation sites is 2. The smallest absolute Gasteiger partial charge is 0.259 e. The van der Waals surface area contributed by atoms with Crippen LogP contribution in [0.3, 0.4) is 0 Å². The fraction of sp³-hybridized carbons (Fsp3) is 0.316. The third-order valence-corrected chi connectivity index (χ3v) is 3.42. The first kappa shape index (κ1) is 16.1. The van der Waals surface area contributed by atoms with Gasteiger partial charge in [-0.3, -0.25) is 4.79 Å². The molecule has 116 valence electrons. The molecule has 0 aliphatic rings. The van der Waals surface area contributed by atoms with Crippen LogP contribution in [0.15, 0.2) is 42.5 Å². The fourth-order valence-electron chi connectivity index (χ4n) is 2.23. The van der Waals surface area contributed by atoms with E-state index in [1.807, 2.05) is 50.2 Å². The Bertz CT molecular complexity index is 642. The van der Waals surface area contributed by atoms with E-state index in [0.29, 0.717) is 23.8 Å². The molecule has 0 fully saturated rings. The number of benzene rings is 2. The first-order valence-corrected chi connectivity index (χ1v) is 7.58. The van der Waals surface area contributed by atoms with Gasteiger partial charge in [-0.25, -0.2) is 0 Å². The van der Waals surface area contributed by atoms with Gasteiger partial charge in [-0.05, 0) is 43.0 Å². The molecule has 3 nitrogen and oxygen atoms in total. The van der Waals surface area contributed by atoms with E-state index < -0.39 is 0 Å². The molecule has 0 bridgehead atoms. The van der Waals surface area contributed by atoms with Crippen LogP contribution in [-0.2, 0) is 0 Å². The molecule has 0 aliphatic heterocycles. The molecule has 2 aromatic rings. The largest absolute Gasteiger partial charge is 0.492 e. The van der Waals surface area contributed by atoms with Crippen LogP contribution in [0.1, 0.15) is 35.3 Å². The van der Waals surface area contributed by atoms with Gasteiger partial charge in [-0.15, -0.1) is 0 Å². The third kappa shape index (κ3) is 3.88. The van der Waals surface area contributed by atoms with Gasteiger partial charge < -0.3 is 10.1 Å². The molecule has 0 unspecified atom stereocenters. The molecular weight excluding hydrogens is 274 g/mol. The van der Waals surface area contributed by atoms with Crippen LogP contribution in [0.2, 0.25) is 0 Å². The van der Waals surface area contributed by atoms with E-state index in [9.17, 15) is 4.79 Å². The van der Waals surface area contributed by atoms with Crippen molar-refractivity contribution in [3.63, 3.8) is 0 Å². The number of anilines is 1. The summed E-state index contributed by atoms with van der Waals surface area (Å²) in [6, 6.07) is 13.3. The molecule has 2 rings (SSSR count). The number of ether oxygens (including phenoxy) is 1. The van der Waals surface area contributed by atoms with Crippen molar-refractivity contribution in [2.75, 3.05) is 11.9 Å². The summed E-state index contributed by atoms with van der Waals surface area (Å²) in [5.74, 6) is 0.895. The van der Waals surface area contributed by atoms with Crippen molar-refractivity contribution < 1.29 is 9.53 Å². The van der Waals surface area contributed by atoms with Gasteiger partial charge in [0.25, 0.3) is 5.91 Å². The summed E-state index contributed by atoms with van der Waals surface area (Å²) in [6.07, 6.45) is 0. The molecule has 2 aromatic carbocycles. The van der Waals surface area contributed by atoms with E-state index in [4.69, 9.17) is 4.74 Å². The average molecular weight is 297 g/mol. The van der Waals surface area contributed by atoms with Crippen LogP contribution < -0.4 is 10.1 Å². The number of aryl methyl sites for hydroxylation is 2. The monoisotopic (exact) mass is 297 g/mol. The van der Waals surface area contributed by atoms with E-state index in [1.165, 1.54) is 0 Å². The Morgan fingerprint density at radius 2 is 1.68 bits per heavy atom. The lowest BCUT2D eigenvalue weighted by molar-refractivity contribution is 0.102. The minimum absolute atomic E-state index is 0.142. The second-order valence-corrected chi connectivity index (χ2v) is 5.92. The van der Waals surface area contributed by atoms with Gasteiger partial charge in [0.1, 0.15) is 5.75 Å². The Morgan fingerprint density at radius 1 is 1.05 bits per heavy atom. The summed E-state index contributed by atoms with van der Waals surface area (Å²) in [6.45, 7) is 8.74. The second-order valence-electron chi connectivity index (χ2n) is 5.92. The van der Waals surface area contributed by atoms with Crippen molar-refractivity contribution in [2.45, 2.75) is 27.7 Å². The highest BCUT2D eigenvalue weighted by Crippen LogP contribution is 2.23.